The molecule has 0 nitrogen and oxygen atoms in total. The van der Waals surface area contributed by atoms with Gasteiger partial charge in [-0.2, -0.15) is 0 Å². The van der Waals surface area contributed by atoms with E-state index in [-0.39, 0.29) is 0 Å². The van der Waals surface area contributed by atoms with Crippen molar-refractivity contribution in [3.8, 4) is 0 Å². The SMILES string of the molecule is [B]c1cc2ccc3ccc4ccc5ccc1c1c5c4c3c21. The van der Waals surface area contributed by atoms with Crippen LogP contribution in [0.3, 0.4) is 0 Å². The summed E-state index contributed by atoms with van der Waals surface area (Å²) in [7, 11) is 6.31. The van der Waals surface area contributed by atoms with Gasteiger partial charge >= 0.3 is 0 Å². The van der Waals surface area contributed by atoms with Crippen molar-refractivity contribution in [1.29, 1.82) is 0 Å². The molecule has 0 aliphatic carbocycles. The van der Waals surface area contributed by atoms with Crippen molar-refractivity contribution in [3.63, 3.8) is 0 Å². The summed E-state index contributed by atoms with van der Waals surface area (Å²) in [6.07, 6.45) is 0. The molecule has 0 aromatic heterocycles. The van der Waals surface area contributed by atoms with Crippen LogP contribution in [0.2, 0.25) is 0 Å². The Morgan fingerprint density at radius 2 is 0.905 bits per heavy atom. The standard InChI is InChI=1S/C20H9B/c21-15-9-13-6-5-11-2-1-10-3-4-12-7-8-14(15)20-18(12)16(10)17(11)19(13)20/h1-9H. The molecule has 0 saturated heterocycles. The van der Waals surface area contributed by atoms with E-state index in [1.54, 1.807) is 0 Å². The zero-order chi connectivity index (χ0) is 13.7. The Morgan fingerprint density at radius 1 is 0.476 bits per heavy atom. The van der Waals surface area contributed by atoms with Crippen LogP contribution >= 0.6 is 0 Å². The Labute approximate surface area is 122 Å². The lowest BCUT2D eigenvalue weighted by molar-refractivity contribution is 1.88. The van der Waals surface area contributed by atoms with Crippen molar-refractivity contribution in [3.05, 3.63) is 54.6 Å². The molecule has 0 N–H and O–H groups in total. The molecule has 1 heteroatoms. The zero-order valence-electron chi connectivity index (χ0n) is 11.3. The number of hydrogen-bond donors (Lipinski definition) is 0. The zero-order valence-corrected chi connectivity index (χ0v) is 11.3. The predicted octanol–water partition coefficient (Wildman–Crippen LogP) is 4.56. The predicted molar refractivity (Wildman–Crippen MR) is 92.9 cm³/mol. The van der Waals surface area contributed by atoms with Gasteiger partial charge in [-0.05, 0) is 53.9 Å². The summed E-state index contributed by atoms with van der Waals surface area (Å²) in [5.74, 6) is 0. The Balaban J connectivity index is 2.25. The fraction of sp³-hybridized carbons (Fsp3) is 0. The molecule has 6 rings (SSSR count). The van der Waals surface area contributed by atoms with Gasteiger partial charge in [0.25, 0.3) is 0 Å². The summed E-state index contributed by atoms with van der Waals surface area (Å²) in [6.45, 7) is 0. The summed E-state index contributed by atoms with van der Waals surface area (Å²) in [5, 5.41) is 13.3. The fourth-order valence-corrected chi connectivity index (χ4v) is 4.20. The summed E-state index contributed by atoms with van der Waals surface area (Å²) < 4.78 is 0. The molecule has 0 aliphatic heterocycles. The summed E-state index contributed by atoms with van der Waals surface area (Å²) in [5.41, 5.74) is 0.878. The molecule has 0 spiro atoms. The molecule has 6 aromatic carbocycles. The second-order valence-corrected chi connectivity index (χ2v) is 6.04. The van der Waals surface area contributed by atoms with E-state index >= 15 is 0 Å². The highest BCUT2D eigenvalue weighted by molar-refractivity contribution is 6.50. The largest absolute Gasteiger partial charge is 0.114 e. The number of benzene rings is 5. The molecule has 6 aromatic rings. The fourth-order valence-electron chi connectivity index (χ4n) is 4.20. The maximum absolute atomic E-state index is 6.31. The molecule has 0 heterocycles. The first-order chi connectivity index (χ1) is 10.3. The van der Waals surface area contributed by atoms with E-state index in [9.17, 15) is 0 Å². The Morgan fingerprint density at radius 3 is 1.52 bits per heavy atom. The van der Waals surface area contributed by atoms with Gasteiger partial charge in [0.05, 0.1) is 0 Å². The Hall–Kier alpha value is -2.54. The maximum atomic E-state index is 6.31. The van der Waals surface area contributed by atoms with Gasteiger partial charge in [-0.25, -0.2) is 0 Å². The van der Waals surface area contributed by atoms with Crippen molar-refractivity contribution in [2.24, 2.45) is 0 Å². The van der Waals surface area contributed by atoms with Crippen molar-refractivity contribution >= 4 is 67.2 Å². The monoisotopic (exact) mass is 260 g/mol. The van der Waals surface area contributed by atoms with E-state index in [1.165, 1.54) is 53.9 Å². The average Bonchev–Trinajstić information content (AvgIpc) is 2.88. The lowest BCUT2D eigenvalue weighted by Gasteiger charge is -2.07. The second kappa shape index (κ2) is 3.04. The molecule has 0 unspecified atom stereocenters. The van der Waals surface area contributed by atoms with Crippen LogP contribution in [0.4, 0.5) is 0 Å². The number of hydrogen-bond acceptors (Lipinski definition) is 0. The van der Waals surface area contributed by atoms with Crippen LogP contribution < -0.4 is 5.46 Å². The van der Waals surface area contributed by atoms with E-state index in [4.69, 9.17) is 7.85 Å². The van der Waals surface area contributed by atoms with Gasteiger partial charge in [-0.15, -0.1) is 0 Å². The van der Waals surface area contributed by atoms with Crippen molar-refractivity contribution < 1.29 is 0 Å². The minimum absolute atomic E-state index is 0.878. The quantitative estimate of drug-likeness (QED) is 0.277. The van der Waals surface area contributed by atoms with E-state index < -0.39 is 0 Å². The molecule has 92 valence electrons. The first-order valence-electron chi connectivity index (χ1n) is 7.26. The number of rotatable bonds is 0. The second-order valence-electron chi connectivity index (χ2n) is 6.04. The van der Waals surface area contributed by atoms with Crippen LogP contribution in [0.1, 0.15) is 0 Å². The molecular weight excluding hydrogens is 251 g/mol. The van der Waals surface area contributed by atoms with Crippen LogP contribution in [-0.2, 0) is 0 Å². The minimum atomic E-state index is 0.878. The Kier molecular flexibility index (Phi) is 1.48. The molecule has 21 heavy (non-hydrogen) atoms. The van der Waals surface area contributed by atoms with E-state index in [0.29, 0.717) is 0 Å². The van der Waals surface area contributed by atoms with Crippen LogP contribution in [-0.4, -0.2) is 7.85 Å². The van der Waals surface area contributed by atoms with Crippen LogP contribution in [0.5, 0.6) is 0 Å². The third-order valence-corrected chi connectivity index (χ3v) is 5.05. The molecular formula is C20H9B. The van der Waals surface area contributed by atoms with Gasteiger partial charge in [-0.1, -0.05) is 60.1 Å². The Bertz CT molecular complexity index is 1240. The highest BCUT2D eigenvalue weighted by Crippen LogP contribution is 2.47. The molecule has 0 aliphatic rings. The van der Waals surface area contributed by atoms with E-state index in [2.05, 4.69) is 54.6 Å². The van der Waals surface area contributed by atoms with Crippen LogP contribution in [0.15, 0.2) is 54.6 Å². The lowest BCUT2D eigenvalue weighted by atomic mass is 9.86. The van der Waals surface area contributed by atoms with E-state index in [1.807, 2.05) is 0 Å². The highest BCUT2D eigenvalue weighted by atomic mass is 14.2. The van der Waals surface area contributed by atoms with Crippen LogP contribution in [0, 0.1) is 0 Å². The molecule has 0 atom stereocenters. The molecule has 0 bridgehead atoms. The van der Waals surface area contributed by atoms with Crippen LogP contribution in [0.25, 0.3) is 53.9 Å². The normalized spacial score (nSPS) is 13.0. The van der Waals surface area contributed by atoms with Crippen molar-refractivity contribution in [2.75, 3.05) is 0 Å². The highest BCUT2D eigenvalue weighted by Gasteiger charge is 2.19. The third kappa shape index (κ3) is 0.975. The van der Waals surface area contributed by atoms with Gasteiger partial charge in [-0.3, -0.25) is 0 Å². The maximum Gasteiger partial charge on any atom is 0.114 e. The topological polar surface area (TPSA) is 0 Å². The van der Waals surface area contributed by atoms with Gasteiger partial charge in [0.1, 0.15) is 7.85 Å². The average molecular weight is 260 g/mol. The minimum Gasteiger partial charge on any atom is -0.0883 e. The summed E-state index contributed by atoms with van der Waals surface area (Å²) in [6, 6.07) is 19.8. The van der Waals surface area contributed by atoms with Gasteiger partial charge in [0, 0.05) is 0 Å². The van der Waals surface area contributed by atoms with Gasteiger partial charge < -0.3 is 0 Å². The molecule has 0 saturated carbocycles. The first kappa shape index (κ1) is 10.2. The van der Waals surface area contributed by atoms with Gasteiger partial charge in [0.15, 0.2) is 0 Å². The van der Waals surface area contributed by atoms with Crippen molar-refractivity contribution in [1.82, 2.24) is 0 Å². The van der Waals surface area contributed by atoms with E-state index in [0.717, 1.165) is 5.46 Å². The summed E-state index contributed by atoms with van der Waals surface area (Å²) >= 11 is 0. The summed E-state index contributed by atoms with van der Waals surface area (Å²) in [4.78, 5) is 0. The lowest BCUT2D eigenvalue weighted by Crippen LogP contribution is -2.03. The van der Waals surface area contributed by atoms with Crippen molar-refractivity contribution in [2.45, 2.75) is 0 Å². The molecule has 2 radical (unpaired) electrons. The molecule has 0 amide bonds. The third-order valence-electron chi connectivity index (χ3n) is 5.05. The first-order valence-corrected chi connectivity index (χ1v) is 7.26. The van der Waals surface area contributed by atoms with Gasteiger partial charge in [0.2, 0.25) is 0 Å². The smallest absolute Gasteiger partial charge is 0.0883 e. The molecule has 0 fully saturated rings.